The Morgan fingerprint density at radius 1 is 1.21 bits per heavy atom. The zero-order valence-corrected chi connectivity index (χ0v) is 13.2. The highest BCUT2D eigenvalue weighted by molar-refractivity contribution is 5.14. The van der Waals surface area contributed by atoms with Crippen LogP contribution in [0.1, 0.15) is 6.42 Å². The van der Waals surface area contributed by atoms with Crippen LogP contribution in [0, 0.1) is 11.8 Å². The summed E-state index contributed by atoms with van der Waals surface area (Å²) in [4.78, 5) is 0. The number of hydrogen-bond acceptors (Lipinski definition) is 8. The Morgan fingerprint density at radius 2 is 2.00 bits per heavy atom. The van der Waals surface area contributed by atoms with Gasteiger partial charge in [0.15, 0.2) is 6.29 Å². The van der Waals surface area contributed by atoms with E-state index < -0.39 is 43.6 Å². The molecule has 8 nitrogen and oxygen atoms in total. The van der Waals surface area contributed by atoms with Crippen LogP contribution in [0.5, 0.6) is 0 Å². The first kappa shape index (κ1) is 17.8. The summed E-state index contributed by atoms with van der Waals surface area (Å²) < 4.78 is 22.1. The largest absolute Gasteiger partial charge is 0.472 e. The molecule has 0 aromatic rings. The molecule has 0 bridgehead atoms. The van der Waals surface area contributed by atoms with Crippen molar-refractivity contribution in [3.63, 3.8) is 0 Å². The maximum absolute atomic E-state index is 10.1. The van der Waals surface area contributed by atoms with Crippen molar-refractivity contribution in [3.05, 3.63) is 24.5 Å². The fourth-order valence-electron chi connectivity index (χ4n) is 3.40. The summed E-state index contributed by atoms with van der Waals surface area (Å²) in [6.07, 6.45) is -3.24. The molecule has 2 saturated heterocycles. The van der Waals surface area contributed by atoms with Crippen LogP contribution in [0.15, 0.2) is 24.5 Å². The van der Waals surface area contributed by atoms with E-state index in [1.807, 2.05) is 0 Å². The van der Waals surface area contributed by atoms with Crippen LogP contribution in [0.4, 0.5) is 0 Å². The Labute approximate surface area is 139 Å². The molecule has 0 aromatic carbocycles. The Kier molecular flexibility index (Phi) is 5.56. The molecular weight excluding hydrogens is 320 g/mol. The quantitative estimate of drug-likeness (QED) is 0.474. The lowest BCUT2D eigenvalue weighted by Crippen LogP contribution is -2.60. The maximum atomic E-state index is 10.1. The molecule has 0 spiro atoms. The second kappa shape index (κ2) is 7.49. The highest BCUT2D eigenvalue weighted by atomic mass is 16.8. The number of hydrogen-bond donors (Lipinski definition) is 4. The van der Waals surface area contributed by atoms with Gasteiger partial charge >= 0.3 is 0 Å². The third-order valence-corrected chi connectivity index (χ3v) is 4.84. The van der Waals surface area contributed by atoms with Gasteiger partial charge in [0, 0.05) is 12.5 Å². The van der Waals surface area contributed by atoms with Crippen molar-refractivity contribution in [2.24, 2.45) is 11.8 Å². The minimum atomic E-state index is -1.49. The van der Waals surface area contributed by atoms with Crippen LogP contribution in [0.25, 0.3) is 0 Å². The lowest BCUT2D eigenvalue weighted by molar-refractivity contribution is -0.339. The molecule has 0 amide bonds. The zero-order chi connectivity index (χ0) is 17.3. The zero-order valence-electron chi connectivity index (χ0n) is 13.2. The lowest BCUT2D eigenvalue weighted by atomic mass is 9.81. The van der Waals surface area contributed by atoms with Crippen molar-refractivity contribution in [1.29, 1.82) is 0 Å². The lowest BCUT2D eigenvalue weighted by Gasteiger charge is -2.43. The van der Waals surface area contributed by atoms with E-state index in [9.17, 15) is 20.4 Å². The predicted octanol–water partition coefficient (Wildman–Crippen LogP) is -1.12. The molecule has 4 N–H and O–H groups in total. The molecule has 0 radical (unpaired) electrons. The summed E-state index contributed by atoms with van der Waals surface area (Å²) in [7, 11) is 0. The van der Waals surface area contributed by atoms with Crippen LogP contribution < -0.4 is 0 Å². The molecule has 3 aliphatic rings. The van der Waals surface area contributed by atoms with Gasteiger partial charge < -0.3 is 39.4 Å². The summed E-state index contributed by atoms with van der Waals surface area (Å²) in [5.74, 6) is 0.00107. The first-order valence-corrected chi connectivity index (χ1v) is 8.07. The molecule has 8 atom stereocenters. The highest BCUT2D eigenvalue weighted by Gasteiger charge is 2.47. The maximum Gasteiger partial charge on any atom is 0.208 e. The van der Waals surface area contributed by atoms with Crippen molar-refractivity contribution >= 4 is 0 Å². The minimum absolute atomic E-state index is 0.165. The predicted molar refractivity (Wildman–Crippen MR) is 80.4 cm³/mol. The first-order valence-electron chi connectivity index (χ1n) is 8.07. The van der Waals surface area contributed by atoms with Gasteiger partial charge in [-0.3, -0.25) is 0 Å². The molecule has 0 aliphatic carbocycles. The van der Waals surface area contributed by atoms with Gasteiger partial charge in [-0.1, -0.05) is 6.08 Å². The molecule has 136 valence electrons. The van der Waals surface area contributed by atoms with Crippen molar-refractivity contribution in [3.8, 4) is 0 Å². The molecule has 0 saturated carbocycles. The molecular formula is C16H24O8. The van der Waals surface area contributed by atoms with E-state index in [0.29, 0.717) is 13.2 Å². The highest BCUT2D eigenvalue weighted by Crippen LogP contribution is 2.38. The molecule has 2 fully saturated rings. The smallest absolute Gasteiger partial charge is 0.208 e. The first-order chi connectivity index (χ1) is 11.6. The second-order valence-electron chi connectivity index (χ2n) is 6.29. The average molecular weight is 344 g/mol. The van der Waals surface area contributed by atoms with Crippen LogP contribution in [-0.4, -0.2) is 77.2 Å². The van der Waals surface area contributed by atoms with E-state index in [4.69, 9.17) is 18.9 Å². The number of fused-ring (bicyclic) bond motifs is 1. The summed E-state index contributed by atoms with van der Waals surface area (Å²) in [6.45, 7) is 4.47. The van der Waals surface area contributed by atoms with Crippen molar-refractivity contribution in [2.75, 3.05) is 19.8 Å². The third kappa shape index (κ3) is 3.23. The van der Waals surface area contributed by atoms with E-state index in [0.717, 1.165) is 12.0 Å². The van der Waals surface area contributed by atoms with E-state index in [2.05, 4.69) is 6.58 Å². The number of ether oxygens (including phenoxy) is 4. The van der Waals surface area contributed by atoms with Gasteiger partial charge in [-0.15, -0.1) is 6.58 Å². The molecule has 0 unspecified atom stereocenters. The minimum Gasteiger partial charge on any atom is -0.472 e. The summed E-state index contributed by atoms with van der Waals surface area (Å²) in [5.41, 5.74) is 1.03. The standard InChI is InChI=1S/C16H24O8/c1-2-9-10-3-4-21-6-8(10)7-22-15(9)24-16-14(20)13(19)12(18)11(5-17)23-16/h2,7,9-20H,1,3-6H2/t9-,10-,11-,12-,13+,14-,15+,16+/m1/s1. The monoisotopic (exact) mass is 344 g/mol. The van der Waals surface area contributed by atoms with E-state index in [1.54, 1.807) is 12.3 Å². The Balaban J connectivity index is 1.72. The summed E-state index contributed by atoms with van der Waals surface area (Å²) in [6, 6.07) is 0. The van der Waals surface area contributed by atoms with Gasteiger partial charge in [-0.2, -0.15) is 0 Å². The fourth-order valence-corrected chi connectivity index (χ4v) is 3.40. The van der Waals surface area contributed by atoms with Crippen LogP contribution in [0.2, 0.25) is 0 Å². The van der Waals surface area contributed by atoms with Gasteiger partial charge in [0.25, 0.3) is 0 Å². The van der Waals surface area contributed by atoms with Crippen molar-refractivity contribution < 1.29 is 39.4 Å². The number of aliphatic hydroxyl groups excluding tert-OH is 4. The van der Waals surface area contributed by atoms with Crippen LogP contribution >= 0.6 is 0 Å². The number of aliphatic hydroxyl groups is 4. The van der Waals surface area contributed by atoms with Gasteiger partial charge in [0.05, 0.1) is 19.5 Å². The Morgan fingerprint density at radius 3 is 2.71 bits per heavy atom. The van der Waals surface area contributed by atoms with Crippen LogP contribution in [-0.2, 0) is 18.9 Å². The Hall–Kier alpha value is -1.00. The normalized spacial score (nSPS) is 45.8. The number of rotatable bonds is 4. The van der Waals surface area contributed by atoms with Gasteiger partial charge in [-0.05, 0) is 17.9 Å². The van der Waals surface area contributed by atoms with E-state index in [1.165, 1.54) is 0 Å². The van der Waals surface area contributed by atoms with Crippen LogP contribution in [0.3, 0.4) is 0 Å². The molecule has 24 heavy (non-hydrogen) atoms. The summed E-state index contributed by atoms with van der Waals surface area (Å²) >= 11 is 0. The topological polar surface area (TPSA) is 118 Å². The van der Waals surface area contributed by atoms with Crippen molar-refractivity contribution in [1.82, 2.24) is 0 Å². The molecule has 3 heterocycles. The average Bonchev–Trinajstić information content (AvgIpc) is 2.61. The van der Waals surface area contributed by atoms with E-state index in [-0.39, 0.29) is 11.8 Å². The Bertz CT molecular complexity index is 479. The fraction of sp³-hybridized carbons (Fsp3) is 0.750. The molecule has 8 heteroatoms. The molecule has 3 aliphatic heterocycles. The van der Waals surface area contributed by atoms with Gasteiger partial charge in [-0.25, -0.2) is 0 Å². The van der Waals surface area contributed by atoms with Gasteiger partial charge in [0.1, 0.15) is 24.4 Å². The third-order valence-electron chi connectivity index (χ3n) is 4.84. The second-order valence-corrected chi connectivity index (χ2v) is 6.29. The molecule has 3 rings (SSSR count). The summed E-state index contributed by atoms with van der Waals surface area (Å²) in [5, 5.41) is 39.0. The van der Waals surface area contributed by atoms with Crippen molar-refractivity contribution in [2.45, 2.75) is 43.4 Å². The molecule has 0 aromatic heterocycles. The van der Waals surface area contributed by atoms with E-state index >= 15 is 0 Å². The SMILES string of the molecule is C=C[C@H]1[C@H](O[C@@H]2O[C@H](CO)[C@@H](O)[C@H](O)[C@H]2O)OC=C2COCC[C@H]21. The van der Waals surface area contributed by atoms with Gasteiger partial charge in [0.2, 0.25) is 6.29 Å².